The van der Waals surface area contributed by atoms with Crippen molar-refractivity contribution in [1.82, 2.24) is 9.97 Å². The van der Waals surface area contributed by atoms with Gasteiger partial charge < -0.3 is 14.5 Å². The molecule has 3 aromatic rings. The molecule has 0 unspecified atom stereocenters. The Morgan fingerprint density at radius 2 is 2.04 bits per heavy atom. The van der Waals surface area contributed by atoms with Gasteiger partial charge >= 0.3 is 0 Å². The third-order valence-corrected chi connectivity index (χ3v) is 3.83. The first-order chi connectivity index (χ1) is 11.2. The van der Waals surface area contributed by atoms with E-state index in [1.807, 2.05) is 49.4 Å². The van der Waals surface area contributed by atoms with Crippen LogP contribution in [0, 0.1) is 18.3 Å². The zero-order valence-electron chi connectivity index (χ0n) is 12.5. The Balaban J connectivity index is 1.80. The Morgan fingerprint density at radius 3 is 2.83 bits per heavy atom. The van der Waals surface area contributed by atoms with Crippen molar-refractivity contribution in [3.05, 3.63) is 53.3 Å². The van der Waals surface area contributed by atoms with Gasteiger partial charge in [-0.2, -0.15) is 5.26 Å². The van der Waals surface area contributed by atoms with E-state index in [9.17, 15) is 5.26 Å². The van der Waals surface area contributed by atoms with Crippen molar-refractivity contribution in [2.75, 3.05) is 6.79 Å². The molecule has 1 N–H and O–H groups in total. The molecule has 0 spiro atoms. The number of hydrogen-bond acceptors (Lipinski definition) is 4. The summed E-state index contributed by atoms with van der Waals surface area (Å²) in [5.41, 5.74) is 4.14. The molecule has 0 bridgehead atoms. The zero-order valence-corrected chi connectivity index (χ0v) is 12.5. The fourth-order valence-corrected chi connectivity index (χ4v) is 2.60. The fourth-order valence-electron chi connectivity index (χ4n) is 2.60. The van der Waals surface area contributed by atoms with Gasteiger partial charge in [-0.05, 0) is 48.4 Å². The topological polar surface area (TPSA) is 70.9 Å². The van der Waals surface area contributed by atoms with Gasteiger partial charge in [0.15, 0.2) is 11.5 Å². The molecule has 0 atom stereocenters. The minimum atomic E-state index is 0.233. The highest BCUT2D eigenvalue weighted by Gasteiger charge is 2.16. The monoisotopic (exact) mass is 303 g/mol. The Bertz CT molecular complexity index is 947. The number of allylic oxidation sites excluding steroid dienone is 1. The quantitative estimate of drug-likeness (QED) is 0.733. The van der Waals surface area contributed by atoms with Gasteiger partial charge in [0, 0.05) is 0 Å². The summed E-state index contributed by atoms with van der Waals surface area (Å²) in [7, 11) is 0. The van der Waals surface area contributed by atoms with Crippen molar-refractivity contribution in [3.63, 3.8) is 0 Å². The molecule has 0 fully saturated rings. The van der Waals surface area contributed by atoms with Crippen LogP contribution in [-0.2, 0) is 0 Å². The molecule has 1 aromatic heterocycles. The highest BCUT2D eigenvalue weighted by atomic mass is 16.7. The van der Waals surface area contributed by atoms with Crippen LogP contribution < -0.4 is 9.47 Å². The summed E-state index contributed by atoms with van der Waals surface area (Å²) in [5, 5.41) is 9.52. The van der Waals surface area contributed by atoms with E-state index < -0.39 is 0 Å². The number of aryl methyl sites for hydroxylation is 1. The van der Waals surface area contributed by atoms with E-state index in [1.54, 1.807) is 0 Å². The molecular weight excluding hydrogens is 290 g/mol. The maximum atomic E-state index is 9.52. The maximum absolute atomic E-state index is 9.52. The number of para-hydroxylation sites is 2. The number of H-pyrrole nitrogens is 1. The van der Waals surface area contributed by atoms with Crippen molar-refractivity contribution >= 4 is 22.7 Å². The van der Waals surface area contributed by atoms with Crippen LogP contribution in [0.5, 0.6) is 11.5 Å². The van der Waals surface area contributed by atoms with Crippen molar-refractivity contribution in [2.45, 2.75) is 6.92 Å². The molecule has 0 saturated heterocycles. The Labute approximate surface area is 132 Å². The number of ether oxygens (including phenoxy) is 2. The molecule has 2 heterocycles. The van der Waals surface area contributed by atoms with Crippen molar-refractivity contribution in [1.29, 1.82) is 5.26 Å². The van der Waals surface area contributed by atoms with Crippen molar-refractivity contribution < 1.29 is 9.47 Å². The number of nitrogens with zero attached hydrogens (tertiary/aromatic N) is 2. The van der Waals surface area contributed by atoms with Crippen molar-refractivity contribution in [2.24, 2.45) is 0 Å². The van der Waals surface area contributed by atoms with Gasteiger partial charge in [0.1, 0.15) is 11.9 Å². The molecule has 1 aliphatic rings. The summed E-state index contributed by atoms with van der Waals surface area (Å²) in [6, 6.07) is 13.7. The number of benzene rings is 2. The Kier molecular flexibility index (Phi) is 3.02. The van der Waals surface area contributed by atoms with Crippen LogP contribution in [0.2, 0.25) is 0 Å². The molecule has 0 amide bonds. The molecule has 4 rings (SSSR count). The van der Waals surface area contributed by atoms with E-state index in [4.69, 9.17) is 9.47 Å². The van der Waals surface area contributed by atoms with Gasteiger partial charge in [0.2, 0.25) is 6.79 Å². The van der Waals surface area contributed by atoms with Crippen LogP contribution >= 0.6 is 0 Å². The average molecular weight is 303 g/mol. The van der Waals surface area contributed by atoms with Crippen molar-refractivity contribution in [3.8, 4) is 17.6 Å². The third kappa shape index (κ3) is 2.30. The first kappa shape index (κ1) is 13.4. The number of aromatic nitrogens is 2. The number of nitrogens with one attached hydrogen (secondary N) is 1. The van der Waals surface area contributed by atoms with Gasteiger partial charge in [0.05, 0.1) is 16.6 Å². The maximum Gasteiger partial charge on any atom is 0.231 e. The summed E-state index contributed by atoms with van der Waals surface area (Å²) in [5.74, 6) is 2.00. The van der Waals surface area contributed by atoms with Crippen LogP contribution in [0.15, 0.2) is 36.4 Å². The average Bonchev–Trinajstić information content (AvgIpc) is 3.18. The second-order valence-corrected chi connectivity index (χ2v) is 5.33. The third-order valence-electron chi connectivity index (χ3n) is 3.83. The first-order valence-corrected chi connectivity index (χ1v) is 7.22. The number of aromatic amines is 1. The molecule has 23 heavy (non-hydrogen) atoms. The van der Waals surface area contributed by atoms with E-state index in [1.165, 1.54) is 0 Å². The second kappa shape index (κ2) is 5.18. The summed E-state index contributed by atoms with van der Waals surface area (Å²) >= 11 is 0. The molecule has 2 aromatic carbocycles. The van der Waals surface area contributed by atoms with E-state index in [-0.39, 0.29) is 6.79 Å². The second-order valence-electron chi connectivity index (χ2n) is 5.33. The molecule has 5 nitrogen and oxygen atoms in total. The van der Waals surface area contributed by atoms with E-state index in [0.29, 0.717) is 17.1 Å². The summed E-state index contributed by atoms with van der Waals surface area (Å²) in [6.45, 7) is 2.21. The SMILES string of the molecule is Cc1cc2c(cc1/C=C(\C#N)c1nc3ccccc3[nH]1)OCO2. The minimum Gasteiger partial charge on any atom is -0.454 e. The largest absolute Gasteiger partial charge is 0.454 e. The lowest BCUT2D eigenvalue weighted by Crippen LogP contribution is -1.92. The molecule has 112 valence electrons. The van der Waals surface area contributed by atoms with Gasteiger partial charge in [0.25, 0.3) is 0 Å². The highest BCUT2D eigenvalue weighted by Crippen LogP contribution is 2.35. The summed E-state index contributed by atoms with van der Waals surface area (Å²) in [6.07, 6.45) is 1.81. The van der Waals surface area contributed by atoms with Gasteiger partial charge in [-0.15, -0.1) is 0 Å². The molecule has 0 aliphatic carbocycles. The molecule has 0 radical (unpaired) electrons. The van der Waals surface area contributed by atoms with Crippen LogP contribution in [0.25, 0.3) is 22.7 Å². The van der Waals surface area contributed by atoms with E-state index in [0.717, 1.165) is 27.9 Å². The predicted molar refractivity (Wildman–Crippen MR) is 86.9 cm³/mol. The molecular formula is C18H13N3O2. The normalized spacial score (nSPS) is 13.3. The zero-order chi connectivity index (χ0) is 15.8. The van der Waals surface area contributed by atoms with Crippen LogP contribution in [0.4, 0.5) is 0 Å². The Hall–Kier alpha value is -3.26. The molecule has 0 saturated carbocycles. The predicted octanol–water partition coefficient (Wildman–Crippen LogP) is 3.66. The van der Waals surface area contributed by atoms with Crippen LogP contribution in [0.1, 0.15) is 17.0 Å². The number of fused-ring (bicyclic) bond motifs is 2. The number of rotatable bonds is 2. The standard InChI is InChI=1S/C18H13N3O2/c1-11-6-16-17(23-10-22-16)8-12(11)7-13(9-19)18-20-14-4-2-3-5-15(14)21-18/h2-8H,10H2,1H3,(H,20,21)/b13-7+. The van der Waals surface area contributed by atoms with Crippen LogP contribution in [0.3, 0.4) is 0 Å². The lowest BCUT2D eigenvalue weighted by Gasteiger charge is -2.04. The lowest BCUT2D eigenvalue weighted by atomic mass is 10.0. The van der Waals surface area contributed by atoms with Gasteiger partial charge in [-0.3, -0.25) is 0 Å². The number of nitriles is 1. The number of hydrogen-bond donors (Lipinski definition) is 1. The molecule has 1 aliphatic heterocycles. The fraction of sp³-hybridized carbons (Fsp3) is 0.111. The van der Waals surface area contributed by atoms with Gasteiger partial charge in [-0.1, -0.05) is 12.1 Å². The van der Waals surface area contributed by atoms with Crippen LogP contribution in [-0.4, -0.2) is 16.8 Å². The molecule has 5 heteroatoms. The highest BCUT2D eigenvalue weighted by molar-refractivity contribution is 5.91. The Morgan fingerprint density at radius 1 is 1.26 bits per heavy atom. The van der Waals surface area contributed by atoms with E-state index >= 15 is 0 Å². The number of imidazole rings is 1. The van der Waals surface area contributed by atoms with Gasteiger partial charge in [-0.25, -0.2) is 4.98 Å². The smallest absolute Gasteiger partial charge is 0.231 e. The first-order valence-electron chi connectivity index (χ1n) is 7.22. The van der Waals surface area contributed by atoms with E-state index in [2.05, 4.69) is 16.0 Å². The lowest BCUT2D eigenvalue weighted by molar-refractivity contribution is 0.174. The minimum absolute atomic E-state index is 0.233. The summed E-state index contributed by atoms with van der Waals surface area (Å²) in [4.78, 5) is 7.66. The summed E-state index contributed by atoms with van der Waals surface area (Å²) < 4.78 is 10.8.